The van der Waals surface area contributed by atoms with Crippen molar-refractivity contribution in [3.63, 3.8) is 0 Å². The van der Waals surface area contributed by atoms with E-state index in [2.05, 4.69) is 27.7 Å². The van der Waals surface area contributed by atoms with Crippen LogP contribution in [0.3, 0.4) is 0 Å². The third-order valence-electron chi connectivity index (χ3n) is 32.2. The van der Waals surface area contributed by atoms with Crippen LogP contribution in [0.2, 0.25) is 0 Å². The molecule has 16 aliphatic rings. The number of hydrogen-bond acceptors (Lipinski definition) is 30. The van der Waals surface area contributed by atoms with E-state index < -0.39 is 194 Å². The molecule has 0 aromatic carbocycles. The van der Waals surface area contributed by atoms with Gasteiger partial charge in [0.2, 0.25) is 0 Å². The first kappa shape index (κ1) is 87.4. The molecule has 14 fully saturated rings. The number of fused-ring (bicyclic) bond motifs is 10. The Labute approximate surface area is 680 Å². The average Bonchev–Trinajstić information content (AvgIpc) is 1.48. The lowest BCUT2D eigenvalue weighted by Crippen LogP contribution is -2.62. The first-order valence-corrected chi connectivity index (χ1v) is 43.6. The molecule has 8 saturated carbocycles. The molecule has 8 heterocycles. The molecular weight excluding hydrogens is 1510 g/mol. The fourth-order valence-electron chi connectivity index (χ4n) is 26.3. The van der Waals surface area contributed by atoms with Crippen molar-refractivity contribution in [3.8, 4) is 0 Å². The van der Waals surface area contributed by atoms with Gasteiger partial charge in [0.15, 0.2) is 37.7 Å². The van der Waals surface area contributed by atoms with Crippen LogP contribution in [0.4, 0.5) is 0 Å². The summed E-state index contributed by atoms with van der Waals surface area (Å²) in [6.07, 6.45) is -3.09. The van der Waals surface area contributed by atoms with Crippen LogP contribution in [0.1, 0.15) is 224 Å². The summed E-state index contributed by atoms with van der Waals surface area (Å²) in [7, 11) is 0. The molecule has 656 valence electrons. The minimum absolute atomic E-state index is 0.00581. The Balaban J connectivity index is 0.000000182. The zero-order chi connectivity index (χ0) is 82.9. The zero-order valence-electron chi connectivity index (χ0n) is 69.5. The van der Waals surface area contributed by atoms with E-state index in [9.17, 15) is 70.2 Å². The van der Waals surface area contributed by atoms with Crippen molar-refractivity contribution in [2.24, 2.45) is 69.0 Å². The zero-order valence-corrected chi connectivity index (χ0v) is 69.5. The predicted octanol–water partition coefficient (Wildman–Crippen LogP) is 5.58. The summed E-state index contributed by atoms with van der Waals surface area (Å²) < 4.78 is 96.7. The van der Waals surface area contributed by atoms with Crippen LogP contribution in [-0.2, 0) is 95.0 Å². The van der Waals surface area contributed by atoms with E-state index in [-0.39, 0.29) is 110 Å². The monoisotopic (exact) mass is 1640 g/mol. The van der Waals surface area contributed by atoms with Crippen molar-refractivity contribution >= 4 is 23.9 Å². The number of hydrogen-bond donors (Lipinski definition) is 10. The van der Waals surface area contributed by atoms with Crippen LogP contribution < -0.4 is 0 Å². The van der Waals surface area contributed by atoms with Gasteiger partial charge in [0.1, 0.15) is 62.0 Å². The number of esters is 4. The van der Waals surface area contributed by atoms with E-state index in [4.69, 9.17) is 75.8 Å². The SMILES string of the molecule is CC(=O)O[C@H]1CC(O[C@H]2CC[C@@]3(C)[C@H](CC[C@@H]4[C@@H]3CC[C@]3(C)[C@@H](C5=CC(=O)OC5)[C@@H](O)C[C@]43O)C2)O[C@H](C)[C@H]1O[C@H]1C[C@H](O)[C@H](O[C@H]2C[C@H](O)[C@H](O)[C@@H](C)O2)[C@@H](C)O1.CC(=O)O[C@H]1C[C@H](O[C@H]2[C@@H](O)CC(O[C@H]3CC[C@@]4(C)[C@H](CC[C@@H]5[C@@H]4CC[C@]4(C)[C@@H](C6=CC(=O)OC6)[C@@H](O)C[C@]54O)C3)O[C@@H]2C)O[C@H](C)[C@H]1O[C@H]1C[C@H](O)[C@H](O)[C@@H](C)O1. The van der Waals surface area contributed by atoms with Crippen LogP contribution in [0, 0.1) is 69.0 Å². The Hall–Kier alpha value is -3.52. The summed E-state index contributed by atoms with van der Waals surface area (Å²) in [6, 6.07) is 0. The summed E-state index contributed by atoms with van der Waals surface area (Å²) in [5, 5.41) is 111. The highest BCUT2D eigenvalue weighted by Crippen LogP contribution is 2.72. The maximum absolute atomic E-state index is 12.6. The topological polar surface area (TPSA) is 418 Å². The minimum atomic E-state index is -1.03. The fraction of sp³-hybridized carbons (Fsp3) is 0.907. The summed E-state index contributed by atoms with van der Waals surface area (Å²) in [4.78, 5) is 48.4. The Kier molecular flexibility index (Phi) is 25.5. The van der Waals surface area contributed by atoms with E-state index in [0.29, 0.717) is 36.5 Å². The molecule has 0 spiro atoms. The molecule has 0 bridgehead atoms. The number of ether oxygens (including phenoxy) is 16. The third kappa shape index (κ3) is 16.4. The molecule has 30 nitrogen and oxygen atoms in total. The van der Waals surface area contributed by atoms with Gasteiger partial charge in [0.05, 0.1) is 96.7 Å². The van der Waals surface area contributed by atoms with Crippen molar-refractivity contribution < 1.29 is 146 Å². The van der Waals surface area contributed by atoms with E-state index in [1.807, 2.05) is 13.8 Å². The van der Waals surface area contributed by atoms with Crippen LogP contribution >= 0.6 is 0 Å². The van der Waals surface area contributed by atoms with Crippen LogP contribution in [0.15, 0.2) is 23.3 Å². The quantitative estimate of drug-likeness (QED) is 0.0512. The number of aliphatic hydroxyl groups is 10. The van der Waals surface area contributed by atoms with Crippen molar-refractivity contribution in [2.75, 3.05) is 13.2 Å². The number of carbonyl (C=O) groups excluding carboxylic acids is 4. The number of aliphatic hydroxyl groups excluding tert-OH is 8. The molecule has 0 aromatic rings. The van der Waals surface area contributed by atoms with Gasteiger partial charge in [-0.25, -0.2) is 9.59 Å². The molecule has 116 heavy (non-hydrogen) atoms. The molecule has 10 N–H and O–H groups in total. The third-order valence-corrected chi connectivity index (χ3v) is 32.2. The molecule has 42 atom stereocenters. The van der Waals surface area contributed by atoms with Crippen molar-refractivity contribution in [1.82, 2.24) is 0 Å². The molecule has 8 aliphatic carbocycles. The summed E-state index contributed by atoms with van der Waals surface area (Å²) in [5.74, 6) is -0.746. The Morgan fingerprint density at radius 2 is 0.707 bits per heavy atom. The van der Waals surface area contributed by atoms with Gasteiger partial charge in [-0.2, -0.15) is 0 Å². The predicted molar refractivity (Wildman–Crippen MR) is 404 cm³/mol. The second kappa shape index (κ2) is 33.9. The van der Waals surface area contributed by atoms with Gasteiger partial charge in [-0.1, -0.05) is 27.7 Å². The largest absolute Gasteiger partial charge is 0.459 e. The Bertz CT molecular complexity index is 3520. The molecule has 0 amide bonds. The van der Waals surface area contributed by atoms with Crippen LogP contribution in [0.5, 0.6) is 0 Å². The Morgan fingerprint density at radius 1 is 0.379 bits per heavy atom. The molecule has 16 rings (SSSR count). The van der Waals surface area contributed by atoms with E-state index >= 15 is 0 Å². The van der Waals surface area contributed by atoms with Gasteiger partial charge in [-0.15, -0.1) is 0 Å². The highest BCUT2D eigenvalue weighted by atomic mass is 16.8. The van der Waals surface area contributed by atoms with Gasteiger partial charge in [-0.05, 0) is 189 Å². The van der Waals surface area contributed by atoms with E-state index in [1.165, 1.54) is 26.0 Å². The molecular formula is C86H132O30. The van der Waals surface area contributed by atoms with Crippen molar-refractivity contribution in [2.45, 2.75) is 408 Å². The van der Waals surface area contributed by atoms with Crippen LogP contribution in [0.25, 0.3) is 0 Å². The lowest BCUT2D eigenvalue weighted by atomic mass is 9.43. The molecule has 0 aromatic heterocycles. The highest BCUT2D eigenvalue weighted by Gasteiger charge is 2.73. The van der Waals surface area contributed by atoms with Gasteiger partial charge >= 0.3 is 23.9 Å². The summed E-state index contributed by atoms with van der Waals surface area (Å²) >= 11 is 0. The summed E-state index contributed by atoms with van der Waals surface area (Å²) in [6.45, 7) is 22.6. The number of carbonyl (C=O) groups is 4. The fourth-order valence-corrected chi connectivity index (χ4v) is 26.3. The lowest BCUT2D eigenvalue weighted by molar-refractivity contribution is -0.336. The number of cyclic esters (lactones) is 2. The van der Waals surface area contributed by atoms with Gasteiger partial charge in [-0.3, -0.25) is 9.59 Å². The Morgan fingerprint density at radius 3 is 1.05 bits per heavy atom. The summed E-state index contributed by atoms with van der Waals surface area (Å²) in [5.41, 5.74) is -1.48. The number of rotatable bonds is 16. The van der Waals surface area contributed by atoms with Gasteiger partial charge in [0.25, 0.3) is 0 Å². The first-order valence-electron chi connectivity index (χ1n) is 43.6. The molecule has 30 heteroatoms. The lowest BCUT2D eigenvalue weighted by Gasteiger charge is -2.63. The van der Waals surface area contributed by atoms with Crippen molar-refractivity contribution in [1.29, 1.82) is 0 Å². The second-order valence-corrected chi connectivity index (χ2v) is 39.0. The minimum Gasteiger partial charge on any atom is -0.459 e. The first-order chi connectivity index (χ1) is 54.8. The van der Waals surface area contributed by atoms with Gasteiger partial charge in [0, 0.05) is 100 Å². The molecule has 6 saturated heterocycles. The molecule has 0 radical (unpaired) electrons. The molecule has 8 aliphatic heterocycles. The highest BCUT2D eigenvalue weighted by molar-refractivity contribution is 5.86. The maximum Gasteiger partial charge on any atom is 0.331 e. The average molecular weight is 1650 g/mol. The maximum atomic E-state index is 12.6. The van der Waals surface area contributed by atoms with Crippen molar-refractivity contribution in [3.05, 3.63) is 23.3 Å². The van der Waals surface area contributed by atoms with Crippen LogP contribution in [-0.4, -0.2) is 271 Å². The van der Waals surface area contributed by atoms with E-state index in [0.717, 1.165) is 101 Å². The second-order valence-electron chi connectivity index (χ2n) is 39.0. The normalized spacial score (nSPS) is 53.2. The van der Waals surface area contributed by atoms with E-state index in [1.54, 1.807) is 27.7 Å². The molecule has 2 unspecified atom stereocenters. The van der Waals surface area contributed by atoms with Gasteiger partial charge < -0.3 is 127 Å². The standard InChI is InChI=1S/2C43H66O15/c1-20-38(49)29(45)15-35(52-20)58-40-22(3)54-36(17-32(40)55-23(4)44)57-39-21(2)53-34(16-30(39)46)56-26-9-11-41(5)25(14-26)7-8-28-27(41)10-12-42(6)37(24-13-33(48)51-19-24)31(47)18-43(28,42)50;1-20-38(49)29(45)15-34(52-20)57-39-21(2)53-35(16-30(39)46)58-40-22(3)54-36(17-32(40)55-23(4)44)56-26-9-11-41(5)25(14-26)7-8-28-27(41)10-12-42(6)37(24-13-33(48)51-19-24)31(47)18-43(28,42)50/h2*13,20-22,25-32,34-40,45-47,49-50H,7-12,14-19H2,1-6H3/t20-,21-,22-,25-,26+,27+,28-,29+,30+,31+,32+,34?,35+,36+,37+,38-,39-,40-,41+,42-,43+;20-,21-,22-,25-,26+,27+,28-,29+,30+,31+,32+,34+,35+,36?,37+,38-,39-,40-,41+,42-,43+/m11/s1. The smallest absolute Gasteiger partial charge is 0.331 e.